The molecule has 0 aromatic heterocycles. The maximum absolute atomic E-state index is 11.0. The summed E-state index contributed by atoms with van der Waals surface area (Å²) in [6.45, 7) is 5.43. The lowest BCUT2D eigenvalue weighted by Crippen LogP contribution is -2.08. The number of carboxylic acid groups (broad SMARTS) is 1. The molecule has 0 aliphatic heterocycles. The molecule has 0 rings (SSSR count). The normalized spacial score (nSPS) is 14.2. The maximum Gasteiger partial charge on any atom is 0.306 e. The van der Waals surface area contributed by atoms with Gasteiger partial charge >= 0.3 is 5.97 Å². The van der Waals surface area contributed by atoms with E-state index in [4.69, 9.17) is 5.11 Å². The smallest absolute Gasteiger partial charge is 0.306 e. The summed E-state index contributed by atoms with van der Waals surface area (Å²) in [7, 11) is 0. The largest absolute Gasteiger partial charge is 0.481 e. The number of Topliss-reactive ketones (excluding diaryl/α,β-unsaturated/α-hetero) is 1. The van der Waals surface area contributed by atoms with E-state index in [0.717, 1.165) is 32.1 Å². The quantitative estimate of drug-likeness (QED) is 0.567. The molecule has 18 heavy (non-hydrogen) atoms. The van der Waals surface area contributed by atoms with E-state index in [1.54, 1.807) is 13.8 Å². The lowest BCUT2D eigenvalue weighted by molar-refractivity contribution is -0.141. The monoisotopic (exact) mass is 256 g/mol. The highest BCUT2D eigenvalue weighted by atomic mass is 16.4. The Labute approximate surface area is 111 Å². The highest BCUT2D eigenvalue weighted by molar-refractivity contribution is 5.77. The van der Waals surface area contributed by atoms with Crippen molar-refractivity contribution in [1.82, 2.24) is 0 Å². The second-order valence-corrected chi connectivity index (χ2v) is 5.45. The Hall–Kier alpha value is -0.860. The summed E-state index contributed by atoms with van der Waals surface area (Å²) in [5.41, 5.74) is 0. The number of aliphatic carboxylic acids is 1. The van der Waals surface area contributed by atoms with Gasteiger partial charge < -0.3 is 5.11 Å². The fourth-order valence-electron chi connectivity index (χ4n) is 1.93. The van der Waals surface area contributed by atoms with E-state index >= 15 is 0 Å². The van der Waals surface area contributed by atoms with Crippen LogP contribution in [0.5, 0.6) is 0 Å². The minimum Gasteiger partial charge on any atom is -0.481 e. The van der Waals surface area contributed by atoms with Crippen LogP contribution in [0.2, 0.25) is 0 Å². The lowest BCUT2D eigenvalue weighted by atomic mass is 9.98. The molecule has 1 N–H and O–H groups in total. The molecule has 0 saturated carbocycles. The average Bonchev–Trinajstić information content (AvgIpc) is 2.31. The van der Waals surface area contributed by atoms with Gasteiger partial charge in [-0.25, -0.2) is 0 Å². The predicted molar refractivity (Wildman–Crippen MR) is 73.6 cm³/mol. The third-order valence-corrected chi connectivity index (χ3v) is 3.64. The van der Waals surface area contributed by atoms with Crippen molar-refractivity contribution >= 4 is 11.8 Å². The van der Waals surface area contributed by atoms with Gasteiger partial charge in [0.25, 0.3) is 0 Å². The minimum atomic E-state index is -0.687. The molecule has 0 saturated heterocycles. The van der Waals surface area contributed by atoms with Gasteiger partial charge in [-0.3, -0.25) is 9.59 Å². The van der Waals surface area contributed by atoms with Crippen LogP contribution in [0.15, 0.2) is 0 Å². The number of ketones is 1. The molecule has 0 radical (unpaired) electrons. The highest BCUT2D eigenvalue weighted by Gasteiger charge is 2.09. The van der Waals surface area contributed by atoms with Crippen LogP contribution in [-0.2, 0) is 9.59 Å². The topological polar surface area (TPSA) is 54.4 Å². The Morgan fingerprint density at radius 2 is 1.22 bits per heavy atom. The standard InChI is InChI=1S/C15H28O3/c1-12(14(3)16)10-8-6-4-5-7-9-11-13(2)15(17)18/h12-13H,4-11H2,1-3H3,(H,17,18)/t12-,13-/m0/s1. The third-order valence-electron chi connectivity index (χ3n) is 3.64. The van der Waals surface area contributed by atoms with Crippen molar-refractivity contribution in [2.75, 3.05) is 0 Å². The first-order valence-corrected chi connectivity index (χ1v) is 7.18. The maximum atomic E-state index is 11.0. The second-order valence-electron chi connectivity index (χ2n) is 5.45. The molecule has 106 valence electrons. The zero-order chi connectivity index (χ0) is 14.0. The summed E-state index contributed by atoms with van der Waals surface area (Å²) in [4.78, 5) is 21.6. The fraction of sp³-hybridized carbons (Fsp3) is 0.867. The molecular weight excluding hydrogens is 228 g/mol. The van der Waals surface area contributed by atoms with E-state index in [1.165, 1.54) is 19.3 Å². The second kappa shape index (κ2) is 10.1. The van der Waals surface area contributed by atoms with Crippen LogP contribution in [-0.4, -0.2) is 16.9 Å². The Balaban J connectivity index is 3.26. The van der Waals surface area contributed by atoms with Crippen molar-refractivity contribution in [3.05, 3.63) is 0 Å². The molecule has 0 spiro atoms. The molecule has 0 unspecified atom stereocenters. The third kappa shape index (κ3) is 9.20. The molecule has 0 aromatic rings. The predicted octanol–water partition coefficient (Wildman–Crippen LogP) is 4.05. The van der Waals surface area contributed by atoms with E-state index in [0.29, 0.717) is 0 Å². The SMILES string of the molecule is CC(=O)[C@@H](C)CCCCCCCC[C@H](C)C(=O)O. The van der Waals surface area contributed by atoms with Gasteiger partial charge in [-0.1, -0.05) is 52.4 Å². The number of carboxylic acids is 1. The van der Waals surface area contributed by atoms with Gasteiger partial charge in [-0.2, -0.15) is 0 Å². The van der Waals surface area contributed by atoms with Gasteiger partial charge in [0.1, 0.15) is 5.78 Å². The van der Waals surface area contributed by atoms with Gasteiger partial charge in [0, 0.05) is 5.92 Å². The van der Waals surface area contributed by atoms with E-state index in [-0.39, 0.29) is 17.6 Å². The van der Waals surface area contributed by atoms with Crippen LogP contribution in [0.1, 0.15) is 72.1 Å². The first kappa shape index (κ1) is 17.1. The van der Waals surface area contributed by atoms with E-state index in [1.807, 2.05) is 6.92 Å². The van der Waals surface area contributed by atoms with Gasteiger partial charge in [0.05, 0.1) is 5.92 Å². The van der Waals surface area contributed by atoms with Crippen molar-refractivity contribution < 1.29 is 14.7 Å². The molecule has 3 nitrogen and oxygen atoms in total. The molecule has 0 fully saturated rings. The minimum absolute atomic E-state index is 0.207. The van der Waals surface area contributed by atoms with Crippen molar-refractivity contribution in [3.8, 4) is 0 Å². The molecule has 0 aliphatic carbocycles. The zero-order valence-electron chi connectivity index (χ0n) is 12.1. The summed E-state index contributed by atoms with van der Waals surface area (Å²) in [5.74, 6) is -0.395. The summed E-state index contributed by atoms with van der Waals surface area (Å²) < 4.78 is 0. The first-order chi connectivity index (χ1) is 8.45. The highest BCUT2D eigenvalue weighted by Crippen LogP contribution is 2.14. The number of hydrogen-bond donors (Lipinski definition) is 1. The van der Waals surface area contributed by atoms with Crippen LogP contribution in [0.25, 0.3) is 0 Å². The molecule has 2 atom stereocenters. The molecule has 0 heterocycles. The van der Waals surface area contributed by atoms with E-state index < -0.39 is 5.97 Å². The molecule has 0 amide bonds. The summed E-state index contributed by atoms with van der Waals surface area (Å²) in [6, 6.07) is 0. The van der Waals surface area contributed by atoms with Crippen LogP contribution in [0, 0.1) is 11.8 Å². The van der Waals surface area contributed by atoms with Crippen molar-refractivity contribution in [2.24, 2.45) is 11.8 Å². The number of unbranched alkanes of at least 4 members (excludes halogenated alkanes) is 5. The number of carbonyl (C=O) groups is 2. The Morgan fingerprint density at radius 3 is 1.61 bits per heavy atom. The number of hydrogen-bond acceptors (Lipinski definition) is 2. The van der Waals surface area contributed by atoms with Gasteiger partial charge in [0.15, 0.2) is 0 Å². The molecular formula is C15H28O3. The van der Waals surface area contributed by atoms with Gasteiger partial charge in [0.2, 0.25) is 0 Å². The van der Waals surface area contributed by atoms with Crippen molar-refractivity contribution in [3.63, 3.8) is 0 Å². The lowest BCUT2D eigenvalue weighted by Gasteiger charge is -2.07. The average molecular weight is 256 g/mol. The van der Waals surface area contributed by atoms with Crippen molar-refractivity contribution in [2.45, 2.75) is 72.1 Å². The number of carbonyl (C=O) groups excluding carboxylic acids is 1. The van der Waals surface area contributed by atoms with E-state index in [9.17, 15) is 9.59 Å². The number of rotatable bonds is 11. The summed E-state index contributed by atoms with van der Waals surface area (Å²) in [5, 5.41) is 8.72. The Bertz CT molecular complexity index is 222. The molecule has 3 heteroatoms. The van der Waals surface area contributed by atoms with Crippen LogP contribution < -0.4 is 0 Å². The molecule has 0 bridgehead atoms. The van der Waals surface area contributed by atoms with Gasteiger partial charge in [-0.15, -0.1) is 0 Å². The Morgan fingerprint density at radius 1 is 0.833 bits per heavy atom. The first-order valence-electron chi connectivity index (χ1n) is 7.18. The van der Waals surface area contributed by atoms with Crippen LogP contribution in [0.4, 0.5) is 0 Å². The Kier molecular flexibility index (Phi) is 9.62. The van der Waals surface area contributed by atoms with Gasteiger partial charge in [-0.05, 0) is 19.8 Å². The van der Waals surface area contributed by atoms with E-state index in [2.05, 4.69) is 0 Å². The zero-order valence-corrected chi connectivity index (χ0v) is 12.1. The fourth-order valence-corrected chi connectivity index (χ4v) is 1.93. The van der Waals surface area contributed by atoms with Crippen LogP contribution >= 0.6 is 0 Å². The van der Waals surface area contributed by atoms with Crippen molar-refractivity contribution in [1.29, 1.82) is 0 Å². The summed E-state index contributed by atoms with van der Waals surface area (Å²) in [6.07, 6.45) is 8.63. The molecule has 0 aliphatic rings. The van der Waals surface area contributed by atoms with Crippen LogP contribution in [0.3, 0.4) is 0 Å². The summed E-state index contributed by atoms with van der Waals surface area (Å²) >= 11 is 0. The molecule has 0 aromatic carbocycles.